The van der Waals surface area contributed by atoms with E-state index in [1.165, 1.54) is 11.0 Å². The van der Waals surface area contributed by atoms with Crippen LogP contribution in [0.2, 0.25) is 0 Å². The van der Waals surface area contributed by atoms with E-state index >= 15 is 0 Å². The number of hydrogen-bond acceptors (Lipinski definition) is 6. The number of nitrogens with one attached hydrogen (secondary N) is 1. The molecule has 0 radical (unpaired) electrons. The van der Waals surface area contributed by atoms with Gasteiger partial charge in [0.2, 0.25) is 0 Å². The molecule has 0 spiro atoms. The van der Waals surface area contributed by atoms with E-state index in [-0.39, 0.29) is 12.5 Å². The van der Waals surface area contributed by atoms with Crippen molar-refractivity contribution in [3.63, 3.8) is 0 Å². The monoisotopic (exact) mass is 327 g/mol. The van der Waals surface area contributed by atoms with Crippen LogP contribution >= 0.6 is 0 Å². The Morgan fingerprint density at radius 1 is 1.33 bits per heavy atom. The predicted molar refractivity (Wildman–Crippen MR) is 84.5 cm³/mol. The zero-order chi connectivity index (χ0) is 17.2. The molecule has 1 amide bonds. The molecule has 8 nitrogen and oxygen atoms in total. The molecule has 0 aliphatic carbocycles. The van der Waals surface area contributed by atoms with E-state index in [0.717, 1.165) is 0 Å². The van der Waals surface area contributed by atoms with Crippen molar-refractivity contribution in [2.24, 2.45) is 0 Å². The molecule has 2 N–H and O–H groups in total. The standard InChI is InChI=1S/C16H17N5O3/c1-11-7-8-14(24-11)16(2,23)9-17-15(22)12-5-3-4-6-13(12)21-10-18-19-20-21/h3-8,10,23H,9H2,1-2H3,(H,17,22). The quantitative estimate of drug-likeness (QED) is 0.729. The Morgan fingerprint density at radius 2 is 2.12 bits per heavy atom. The number of tetrazole rings is 1. The van der Waals surface area contributed by atoms with Gasteiger partial charge in [0.05, 0.1) is 17.8 Å². The first-order valence-electron chi connectivity index (χ1n) is 7.37. The lowest BCUT2D eigenvalue weighted by molar-refractivity contribution is 0.0323. The molecule has 0 fully saturated rings. The summed E-state index contributed by atoms with van der Waals surface area (Å²) >= 11 is 0. The van der Waals surface area contributed by atoms with Crippen molar-refractivity contribution in [1.29, 1.82) is 0 Å². The Hall–Kier alpha value is -3.00. The molecule has 1 atom stereocenters. The van der Waals surface area contributed by atoms with Gasteiger partial charge in [0.15, 0.2) is 0 Å². The molecule has 24 heavy (non-hydrogen) atoms. The van der Waals surface area contributed by atoms with Gasteiger partial charge in [-0.05, 0) is 48.5 Å². The lowest BCUT2D eigenvalue weighted by atomic mass is 10.0. The Morgan fingerprint density at radius 3 is 2.79 bits per heavy atom. The van der Waals surface area contributed by atoms with Gasteiger partial charge in [0.25, 0.3) is 5.91 Å². The molecule has 1 aromatic carbocycles. The van der Waals surface area contributed by atoms with Gasteiger partial charge in [0.1, 0.15) is 23.4 Å². The van der Waals surface area contributed by atoms with Crippen molar-refractivity contribution >= 4 is 5.91 Å². The second kappa shape index (κ2) is 6.25. The summed E-state index contributed by atoms with van der Waals surface area (Å²) < 4.78 is 6.84. The third-order valence-electron chi connectivity index (χ3n) is 3.61. The Bertz CT molecular complexity index is 839. The summed E-state index contributed by atoms with van der Waals surface area (Å²) in [4.78, 5) is 12.5. The fourth-order valence-corrected chi connectivity index (χ4v) is 2.30. The average molecular weight is 327 g/mol. The van der Waals surface area contributed by atoms with Gasteiger partial charge in [-0.1, -0.05) is 12.1 Å². The molecule has 0 aliphatic heterocycles. The largest absolute Gasteiger partial charge is 0.463 e. The number of nitrogens with zero attached hydrogens (tertiary/aromatic N) is 4. The van der Waals surface area contributed by atoms with E-state index in [1.807, 2.05) is 0 Å². The van der Waals surface area contributed by atoms with Crippen LogP contribution in [0.3, 0.4) is 0 Å². The van der Waals surface area contributed by atoms with Gasteiger partial charge in [-0.15, -0.1) is 5.10 Å². The topological polar surface area (TPSA) is 106 Å². The summed E-state index contributed by atoms with van der Waals surface area (Å²) in [5.41, 5.74) is -0.363. The van der Waals surface area contributed by atoms with E-state index < -0.39 is 5.60 Å². The van der Waals surface area contributed by atoms with E-state index in [9.17, 15) is 9.90 Å². The molecule has 0 saturated carbocycles. The first-order valence-corrected chi connectivity index (χ1v) is 7.37. The van der Waals surface area contributed by atoms with Crippen LogP contribution in [0.15, 0.2) is 47.1 Å². The van der Waals surface area contributed by atoms with Crippen LogP contribution in [0, 0.1) is 6.92 Å². The number of aromatic nitrogens is 4. The molecule has 0 saturated heterocycles. The SMILES string of the molecule is Cc1ccc(C(C)(O)CNC(=O)c2ccccc2-n2cnnn2)o1. The first-order chi connectivity index (χ1) is 11.5. The highest BCUT2D eigenvalue weighted by molar-refractivity contribution is 5.97. The van der Waals surface area contributed by atoms with Crippen LogP contribution in [0.25, 0.3) is 5.69 Å². The summed E-state index contributed by atoms with van der Waals surface area (Å²) in [6, 6.07) is 10.4. The second-order valence-electron chi connectivity index (χ2n) is 5.64. The molecule has 0 aliphatic rings. The smallest absolute Gasteiger partial charge is 0.253 e. The van der Waals surface area contributed by atoms with Gasteiger partial charge in [-0.2, -0.15) is 4.68 Å². The number of benzene rings is 1. The normalized spacial score (nSPS) is 13.5. The second-order valence-corrected chi connectivity index (χ2v) is 5.64. The van der Waals surface area contributed by atoms with Crippen LogP contribution in [0.1, 0.15) is 28.8 Å². The highest BCUT2D eigenvalue weighted by Gasteiger charge is 2.28. The molecule has 1 unspecified atom stereocenters. The molecule has 8 heteroatoms. The van der Waals surface area contributed by atoms with Crippen molar-refractivity contribution < 1.29 is 14.3 Å². The fourth-order valence-electron chi connectivity index (χ4n) is 2.30. The molecular formula is C16H17N5O3. The number of carbonyl (C=O) groups excluding carboxylic acids is 1. The highest BCUT2D eigenvalue weighted by Crippen LogP contribution is 2.22. The van der Waals surface area contributed by atoms with E-state index in [1.54, 1.807) is 50.2 Å². The van der Waals surface area contributed by atoms with Gasteiger partial charge in [0, 0.05) is 0 Å². The predicted octanol–water partition coefficient (Wildman–Crippen LogP) is 1.20. The number of aryl methyl sites for hydroxylation is 1. The van der Waals surface area contributed by atoms with Crippen LogP contribution in [-0.2, 0) is 5.60 Å². The summed E-state index contributed by atoms with van der Waals surface area (Å²) in [7, 11) is 0. The van der Waals surface area contributed by atoms with Crippen LogP contribution < -0.4 is 5.32 Å². The van der Waals surface area contributed by atoms with E-state index in [0.29, 0.717) is 22.8 Å². The van der Waals surface area contributed by atoms with Crippen molar-refractivity contribution in [1.82, 2.24) is 25.5 Å². The third kappa shape index (κ3) is 3.18. The van der Waals surface area contributed by atoms with Crippen LogP contribution in [-0.4, -0.2) is 37.8 Å². The highest BCUT2D eigenvalue weighted by atomic mass is 16.4. The fraction of sp³-hybridized carbons (Fsp3) is 0.250. The molecule has 2 aromatic heterocycles. The Kier molecular flexibility index (Phi) is 4.13. The molecule has 3 aromatic rings. The van der Waals surface area contributed by atoms with Crippen LogP contribution in [0.4, 0.5) is 0 Å². The zero-order valence-corrected chi connectivity index (χ0v) is 13.3. The summed E-state index contributed by atoms with van der Waals surface area (Å²) in [5, 5.41) is 24.2. The molecule has 124 valence electrons. The maximum atomic E-state index is 12.5. The lowest BCUT2D eigenvalue weighted by Gasteiger charge is -2.21. The first kappa shape index (κ1) is 15.9. The minimum absolute atomic E-state index is 0.00271. The van der Waals surface area contributed by atoms with Gasteiger partial charge < -0.3 is 14.8 Å². The number of carbonyl (C=O) groups is 1. The maximum Gasteiger partial charge on any atom is 0.253 e. The minimum atomic E-state index is -1.31. The van der Waals surface area contributed by atoms with Gasteiger partial charge in [-0.3, -0.25) is 4.79 Å². The molecule has 3 rings (SSSR count). The lowest BCUT2D eigenvalue weighted by Crippen LogP contribution is -2.38. The minimum Gasteiger partial charge on any atom is -0.463 e. The van der Waals surface area contributed by atoms with Crippen molar-refractivity contribution in [3.05, 3.63) is 59.8 Å². The van der Waals surface area contributed by atoms with Gasteiger partial charge >= 0.3 is 0 Å². The number of para-hydroxylation sites is 1. The van der Waals surface area contributed by atoms with Gasteiger partial charge in [-0.25, -0.2) is 0 Å². The molecule has 2 heterocycles. The number of amides is 1. The van der Waals surface area contributed by atoms with E-state index in [2.05, 4.69) is 20.8 Å². The molecule has 0 bridgehead atoms. The van der Waals surface area contributed by atoms with E-state index in [4.69, 9.17) is 4.42 Å². The average Bonchev–Trinajstić information content (AvgIpc) is 3.24. The number of aliphatic hydroxyl groups is 1. The van der Waals surface area contributed by atoms with Crippen molar-refractivity contribution in [2.45, 2.75) is 19.4 Å². The summed E-state index contributed by atoms with van der Waals surface area (Å²) in [6.45, 7) is 3.38. The Balaban J connectivity index is 1.77. The number of rotatable bonds is 5. The third-order valence-corrected chi connectivity index (χ3v) is 3.61. The number of furan rings is 1. The van der Waals surface area contributed by atoms with Crippen molar-refractivity contribution in [2.75, 3.05) is 6.54 Å². The molecular weight excluding hydrogens is 310 g/mol. The number of hydrogen-bond donors (Lipinski definition) is 2. The van der Waals surface area contributed by atoms with Crippen LogP contribution in [0.5, 0.6) is 0 Å². The summed E-state index contributed by atoms with van der Waals surface area (Å²) in [6.07, 6.45) is 1.41. The zero-order valence-electron chi connectivity index (χ0n) is 13.3. The van der Waals surface area contributed by atoms with Crippen molar-refractivity contribution in [3.8, 4) is 5.69 Å². The summed E-state index contributed by atoms with van der Waals surface area (Å²) in [5.74, 6) is 0.749. The maximum absolute atomic E-state index is 12.5. The Labute approximate surface area is 138 Å².